The van der Waals surface area contributed by atoms with Crippen molar-refractivity contribution < 1.29 is 0 Å². The van der Waals surface area contributed by atoms with E-state index in [2.05, 4.69) is 16.4 Å². The quantitative estimate of drug-likeness (QED) is 0.675. The van der Waals surface area contributed by atoms with Gasteiger partial charge in [0.1, 0.15) is 0 Å². The van der Waals surface area contributed by atoms with Crippen LogP contribution in [0.5, 0.6) is 0 Å². The van der Waals surface area contributed by atoms with Gasteiger partial charge in [0.15, 0.2) is 0 Å². The van der Waals surface area contributed by atoms with Gasteiger partial charge in [-0.2, -0.15) is 0 Å². The molecule has 0 aromatic carbocycles. The van der Waals surface area contributed by atoms with Crippen LogP contribution in [-0.4, -0.2) is 25.3 Å². The summed E-state index contributed by atoms with van der Waals surface area (Å²) >= 11 is 0. The second kappa shape index (κ2) is 2.95. The first-order chi connectivity index (χ1) is 6.45. The minimum atomic E-state index is 0.779. The van der Waals surface area contributed by atoms with Crippen molar-refractivity contribution in [2.45, 2.75) is 19.3 Å². The highest BCUT2D eigenvalue weighted by atomic mass is 14.9. The van der Waals surface area contributed by atoms with E-state index in [1.807, 2.05) is 0 Å². The molecule has 1 N–H and O–H groups in total. The Bertz CT molecular complexity index is 268. The van der Waals surface area contributed by atoms with Crippen molar-refractivity contribution >= 4 is 5.71 Å². The van der Waals surface area contributed by atoms with Gasteiger partial charge in [0.05, 0.1) is 6.54 Å². The first kappa shape index (κ1) is 7.74. The second-order valence-electron chi connectivity index (χ2n) is 4.35. The minimum Gasteiger partial charge on any atom is -0.316 e. The SMILES string of the molecule is C1=C(C2CCNC2)C(C2CC2)=NC1. The maximum atomic E-state index is 4.62. The molecule has 3 rings (SSSR count). The molecule has 70 valence electrons. The van der Waals surface area contributed by atoms with Crippen molar-refractivity contribution in [2.75, 3.05) is 19.6 Å². The van der Waals surface area contributed by atoms with Gasteiger partial charge in [-0.25, -0.2) is 0 Å². The number of hydrogen-bond acceptors (Lipinski definition) is 2. The summed E-state index contributed by atoms with van der Waals surface area (Å²) in [5, 5.41) is 3.43. The van der Waals surface area contributed by atoms with Crippen molar-refractivity contribution in [3.63, 3.8) is 0 Å². The molecule has 1 saturated carbocycles. The lowest BCUT2D eigenvalue weighted by Gasteiger charge is -2.12. The van der Waals surface area contributed by atoms with E-state index in [9.17, 15) is 0 Å². The average Bonchev–Trinajstić information content (AvgIpc) is 2.72. The standard InChI is InChI=1S/C11H16N2/c1-2-8(1)11-10(4-6-13-11)9-3-5-12-7-9/h4,8-9,12H,1-3,5-7H2. The molecule has 2 fully saturated rings. The number of aliphatic imine (C=N–C) groups is 1. The van der Waals surface area contributed by atoms with Gasteiger partial charge < -0.3 is 5.32 Å². The third-order valence-corrected chi connectivity index (χ3v) is 3.33. The lowest BCUT2D eigenvalue weighted by Crippen LogP contribution is -2.15. The molecule has 1 unspecified atom stereocenters. The molecule has 0 aromatic rings. The first-order valence-corrected chi connectivity index (χ1v) is 5.40. The van der Waals surface area contributed by atoms with Crippen molar-refractivity contribution in [1.82, 2.24) is 5.32 Å². The number of nitrogens with zero attached hydrogens (tertiary/aromatic N) is 1. The third-order valence-electron chi connectivity index (χ3n) is 3.33. The predicted molar refractivity (Wildman–Crippen MR) is 54.1 cm³/mol. The van der Waals surface area contributed by atoms with Crippen LogP contribution in [0.25, 0.3) is 0 Å². The molecule has 2 heteroatoms. The van der Waals surface area contributed by atoms with Gasteiger partial charge in [-0.05, 0) is 37.3 Å². The van der Waals surface area contributed by atoms with Gasteiger partial charge in [-0.1, -0.05) is 6.08 Å². The summed E-state index contributed by atoms with van der Waals surface area (Å²) < 4.78 is 0. The van der Waals surface area contributed by atoms with Crippen molar-refractivity contribution in [3.05, 3.63) is 11.6 Å². The highest BCUT2D eigenvalue weighted by Crippen LogP contribution is 2.37. The van der Waals surface area contributed by atoms with Crippen LogP contribution >= 0.6 is 0 Å². The molecule has 0 radical (unpaired) electrons. The van der Waals surface area contributed by atoms with E-state index in [0.29, 0.717) is 0 Å². The Balaban J connectivity index is 1.78. The highest BCUT2D eigenvalue weighted by molar-refractivity contribution is 6.05. The van der Waals surface area contributed by atoms with Crippen LogP contribution in [0.15, 0.2) is 16.6 Å². The molecule has 1 saturated heterocycles. The summed E-state index contributed by atoms with van der Waals surface area (Å²) in [4.78, 5) is 4.62. The summed E-state index contributed by atoms with van der Waals surface area (Å²) in [6.45, 7) is 3.33. The predicted octanol–water partition coefficient (Wildman–Crippen LogP) is 1.39. The van der Waals surface area contributed by atoms with Gasteiger partial charge >= 0.3 is 0 Å². The zero-order valence-corrected chi connectivity index (χ0v) is 7.92. The van der Waals surface area contributed by atoms with Crippen molar-refractivity contribution in [1.29, 1.82) is 0 Å². The third kappa shape index (κ3) is 1.33. The fraction of sp³-hybridized carbons (Fsp3) is 0.727. The molecular weight excluding hydrogens is 160 g/mol. The topological polar surface area (TPSA) is 24.4 Å². The van der Waals surface area contributed by atoms with Crippen LogP contribution in [0, 0.1) is 11.8 Å². The van der Waals surface area contributed by atoms with Crippen LogP contribution in [0.1, 0.15) is 19.3 Å². The average molecular weight is 176 g/mol. The first-order valence-electron chi connectivity index (χ1n) is 5.40. The normalized spacial score (nSPS) is 33.4. The smallest absolute Gasteiger partial charge is 0.0580 e. The van der Waals surface area contributed by atoms with E-state index in [1.165, 1.54) is 38.1 Å². The minimum absolute atomic E-state index is 0.779. The second-order valence-corrected chi connectivity index (χ2v) is 4.35. The molecule has 1 aliphatic carbocycles. The van der Waals surface area contributed by atoms with Crippen molar-refractivity contribution in [3.8, 4) is 0 Å². The Morgan fingerprint density at radius 2 is 2.15 bits per heavy atom. The van der Waals surface area contributed by atoms with E-state index in [-0.39, 0.29) is 0 Å². The lowest BCUT2D eigenvalue weighted by molar-refractivity contribution is 0.704. The van der Waals surface area contributed by atoms with Crippen molar-refractivity contribution in [2.24, 2.45) is 16.8 Å². The summed E-state index contributed by atoms with van der Waals surface area (Å²) in [6.07, 6.45) is 6.44. The fourth-order valence-corrected chi connectivity index (χ4v) is 2.46. The maximum absolute atomic E-state index is 4.62. The molecule has 0 spiro atoms. The summed E-state index contributed by atoms with van der Waals surface area (Å²) in [6, 6.07) is 0. The van der Waals surface area contributed by atoms with E-state index < -0.39 is 0 Å². The monoisotopic (exact) mass is 176 g/mol. The molecular formula is C11H16N2. The van der Waals surface area contributed by atoms with Gasteiger partial charge in [0.2, 0.25) is 0 Å². The van der Waals surface area contributed by atoms with Crippen LogP contribution in [-0.2, 0) is 0 Å². The Kier molecular flexibility index (Phi) is 1.76. The molecule has 0 aromatic heterocycles. The highest BCUT2D eigenvalue weighted by Gasteiger charge is 2.34. The molecule has 2 nitrogen and oxygen atoms in total. The zero-order chi connectivity index (χ0) is 8.67. The Labute approximate surface area is 79.1 Å². The van der Waals surface area contributed by atoms with Crippen LogP contribution < -0.4 is 5.32 Å². The Morgan fingerprint density at radius 1 is 1.23 bits per heavy atom. The molecule has 0 bridgehead atoms. The van der Waals surface area contributed by atoms with E-state index in [4.69, 9.17) is 0 Å². The molecule has 2 heterocycles. The maximum Gasteiger partial charge on any atom is 0.0580 e. The molecule has 3 aliphatic rings. The number of nitrogens with one attached hydrogen (secondary N) is 1. The van der Waals surface area contributed by atoms with Crippen LogP contribution in [0.3, 0.4) is 0 Å². The van der Waals surface area contributed by atoms with Gasteiger partial charge in [0, 0.05) is 18.2 Å². The van der Waals surface area contributed by atoms with Crippen LogP contribution in [0.4, 0.5) is 0 Å². The van der Waals surface area contributed by atoms with Gasteiger partial charge in [-0.15, -0.1) is 0 Å². The molecule has 13 heavy (non-hydrogen) atoms. The summed E-state index contributed by atoms with van der Waals surface area (Å²) in [5.41, 5.74) is 3.06. The van der Waals surface area contributed by atoms with E-state index in [1.54, 1.807) is 5.57 Å². The number of rotatable bonds is 2. The Morgan fingerprint density at radius 3 is 2.85 bits per heavy atom. The lowest BCUT2D eigenvalue weighted by atomic mass is 9.93. The number of hydrogen-bond donors (Lipinski definition) is 1. The summed E-state index contributed by atoms with van der Waals surface area (Å²) in [7, 11) is 0. The largest absolute Gasteiger partial charge is 0.316 e. The van der Waals surface area contributed by atoms with Gasteiger partial charge in [-0.3, -0.25) is 4.99 Å². The van der Waals surface area contributed by atoms with E-state index >= 15 is 0 Å². The Hall–Kier alpha value is -0.630. The van der Waals surface area contributed by atoms with Crippen LogP contribution in [0.2, 0.25) is 0 Å². The zero-order valence-electron chi connectivity index (χ0n) is 7.92. The molecule has 1 atom stereocenters. The van der Waals surface area contributed by atoms with Gasteiger partial charge in [0.25, 0.3) is 0 Å². The van der Waals surface area contributed by atoms with E-state index in [0.717, 1.165) is 18.4 Å². The molecule has 2 aliphatic heterocycles. The molecule has 0 amide bonds. The summed E-state index contributed by atoms with van der Waals surface area (Å²) in [5.74, 6) is 1.62. The fourth-order valence-electron chi connectivity index (χ4n) is 2.46.